The maximum Gasteiger partial charge on any atom is 0.362 e. The summed E-state index contributed by atoms with van der Waals surface area (Å²) in [4.78, 5) is 36.9. The molecular weight excluding hydrogens is 390 g/mol. The number of esters is 1. The van der Waals surface area contributed by atoms with E-state index < -0.39 is 24.0 Å². The maximum atomic E-state index is 12.5. The smallest absolute Gasteiger partial charge is 0.362 e. The minimum atomic E-state index is -0.760. The highest BCUT2D eigenvalue weighted by Gasteiger charge is 2.20. The van der Waals surface area contributed by atoms with Crippen LogP contribution in [0.2, 0.25) is 0 Å². The minimum absolute atomic E-state index is 0.118. The van der Waals surface area contributed by atoms with Crippen LogP contribution in [0.4, 0.5) is 0 Å². The quantitative estimate of drug-likeness (QED) is 0.564. The molecule has 3 aromatic rings. The molecule has 9 nitrogen and oxygen atoms in total. The summed E-state index contributed by atoms with van der Waals surface area (Å²) in [6.45, 7) is 3.46. The topological polar surface area (TPSA) is 113 Å². The number of amides is 1. The molecule has 0 bridgehead atoms. The van der Waals surface area contributed by atoms with Gasteiger partial charge < -0.3 is 19.2 Å². The van der Waals surface area contributed by atoms with Gasteiger partial charge >= 0.3 is 5.97 Å². The fourth-order valence-electron chi connectivity index (χ4n) is 2.56. The van der Waals surface area contributed by atoms with Gasteiger partial charge in [0.05, 0.1) is 31.2 Å². The normalized spacial score (nSPS) is 10.5. The summed E-state index contributed by atoms with van der Waals surface area (Å²) in [6, 6.07) is 11.6. The van der Waals surface area contributed by atoms with Crippen molar-refractivity contribution in [1.29, 1.82) is 0 Å². The lowest BCUT2D eigenvalue weighted by Crippen LogP contribution is -2.30. The van der Waals surface area contributed by atoms with Crippen molar-refractivity contribution in [1.82, 2.24) is 15.1 Å². The Morgan fingerprint density at radius 3 is 2.63 bits per heavy atom. The second kappa shape index (κ2) is 9.55. The van der Waals surface area contributed by atoms with Crippen LogP contribution in [0.5, 0.6) is 5.75 Å². The number of nitrogens with one attached hydrogen (secondary N) is 1. The molecule has 2 aromatic heterocycles. The van der Waals surface area contributed by atoms with Crippen LogP contribution in [0.15, 0.2) is 57.9 Å². The number of rotatable bonds is 8. The van der Waals surface area contributed by atoms with Gasteiger partial charge in [0.25, 0.3) is 11.5 Å². The predicted octanol–water partition coefficient (Wildman–Crippen LogP) is 2.01. The van der Waals surface area contributed by atoms with E-state index in [1.807, 2.05) is 19.1 Å². The fourth-order valence-corrected chi connectivity index (χ4v) is 2.56. The first kappa shape index (κ1) is 20.8. The van der Waals surface area contributed by atoms with Crippen LogP contribution < -0.4 is 15.6 Å². The van der Waals surface area contributed by atoms with E-state index in [1.165, 1.54) is 6.26 Å². The van der Waals surface area contributed by atoms with E-state index in [0.29, 0.717) is 11.4 Å². The van der Waals surface area contributed by atoms with Gasteiger partial charge in [0.15, 0.2) is 12.4 Å². The molecular formula is C21H21N3O6. The van der Waals surface area contributed by atoms with Gasteiger partial charge in [-0.2, -0.15) is 9.78 Å². The molecule has 9 heteroatoms. The highest BCUT2D eigenvalue weighted by molar-refractivity contribution is 5.90. The molecule has 3 rings (SSSR count). The van der Waals surface area contributed by atoms with Crippen LogP contribution in [0.1, 0.15) is 28.7 Å². The molecule has 1 aromatic carbocycles. The number of nitrogens with zero attached hydrogens (tertiary/aromatic N) is 2. The Morgan fingerprint density at radius 1 is 1.20 bits per heavy atom. The van der Waals surface area contributed by atoms with Gasteiger partial charge in [0.1, 0.15) is 5.76 Å². The lowest BCUT2D eigenvalue weighted by Gasteiger charge is -2.12. The average molecular weight is 411 g/mol. The third-order valence-electron chi connectivity index (χ3n) is 4.04. The first-order valence-electron chi connectivity index (χ1n) is 9.28. The largest absolute Gasteiger partial charge is 0.481 e. The van der Waals surface area contributed by atoms with Crippen molar-refractivity contribution < 1.29 is 23.5 Å². The second-order valence-electron chi connectivity index (χ2n) is 6.31. The number of aromatic nitrogens is 2. The van der Waals surface area contributed by atoms with Gasteiger partial charge in [0, 0.05) is 0 Å². The molecule has 0 radical (unpaired) electrons. The van der Waals surface area contributed by atoms with Crippen molar-refractivity contribution in [2.45, 2.75) is 20.4 Å². The van der Waals surface area contributed by atoms with Crippen molar-refractivity contribution in [2.24, 2.45) is 0 Å². The molecule has 0 saturated heterocycles. The molecule has 0 atom stereocenters. The van der Waals surface area contributed by atoms with Gasteiger partial charge in [-0.3, -0.25) is 9.59 Å². The van der Waals surface area contributed by atoms with Crippen molar-refractivity contribution in [3.8, 4) is 11.4 Å². The highest BCUT2D eigenvalue weighted by atomic mass is 16.5. The summed E-state index contributed by atoms with van der Waals surface area (Å²) in [6.07, 6.45) is 1.50. The van der Waals surface area contributed by atoms with Crippen LogP contribution >= 0.6 is 0 Å². The predicted molar refractivity (Wildman–Crippen MR) is 107 cm³/mol. The van der Waals surface area contributed by atoms with E-state index in [9.17, 15) is 14.4 Å². The maximum absolute atomic E-state index is 12.5. The molecule has 30 heavy (non-hydrogen) atoms. The molecule has 0 aliphatic heterocycles. The molecule has 1 N–H and O–H groups in total. The zero-order valence-corrected chi connectivity index (χ0v) is 16.6. The zero-order valence-electron chi connectivity index (χ0n) is 16.6. The zero-order chi connectivity index (χ0) is 21.5. The van der Waals surface area contributed by atoms with E-state index in [-0.39, 0.29) is 24.6 Å². The van der Waals surface area contributed by atoms with E-state index in [1.54, 1.807) is 31.2 Å². The molecule has 0 aliphatic carbocycles. The van der Waals surface area contributed by atoms with E-state index >= 15 is 0 Å². The summed E-state index contributed by atoms with van der Waals surface area (Å²) in [7, 11) is 0. The van der Waals surface area contributed by atoms with E-state index in [4.69, 9.17) is 13.9 Å². The Kier molecular flexibility index (Phi) is 6.63. The van der Waals surface area contributed by atoms with Crippen LogP contribution in [0.25, 0.3) is 5.69 Å². The van der Waals surface area contributed by atoms with Crippen LogP contribution in [0.3, 0.4) is 0 Å². The number of carbonyl (C=O) groups excluding carboxylic acids is 2. The van der Waals surface area contributed by atoms with Gasteiger partial charge in [-0.15, -0.1) is 0 Å². The summed E-state index contributed by atoms with van der Waals surface area (Å²) < 4.78 is 16.6. The monoisotopic (exact) mass is 411 g/mol. The molecule has 0 unspecified atom stereocenters. The molecule has 0 spiro atoms. The van der Waals surface area contributed by atoms with Crippen molar-refractivity contribution in [3.63, 3.8) is 0 Å². The van der Waals surface area contributed by atoms with Gasteiger partial charge in [0.2, 0.25) is 5.69 Å². The third kappa shape index (κ3) is 5.13. The number of furan rings is 1. The number of hydrogen-bond acceptors (Lipinski definition) is 7. The Bertz CT molecular complexity index is 1070. The molecule has 2 heterocycles. The Morgan fingerprint density at radius 2 is 1.97 bits per heavy atom. The first-order chi connectivity index (χ1) is 14.5. The molecule has 0 fully saturated rings. The summed E-state index contributed by atoms with van der Waals surface area (Å²) in [5.41, 5.74) is 0.783. The molecule has 156 valence electrons. The molecule has 0 saturated carbocycles. The van der Waals surface area contributed by atoms with Crippen LogP contribution in [-0.2, 0) is 16.1 Å². The lowest BCUT2D eigenvalue weighted by atomic mass is 10.2. The number of aryl methyl sites for hydroxylation is 1. The van der Waals surface area contributed by atoms with Crippen molar-refractivity contribution >= 4 is 11.9 Å². The number of carbonyl (C=O) groups is 2. The lowest BCUT2D eigenvalue weighted by molar-refractivity contribution is -0.123. The van der Waals surface area contributed by atoms with Gasteiger partial charge in [-0.05, 0) is 38.1 Å². The van der Waals surface area contributed by atoms with E-state index in [0.717, 1.165) is 16.3 Å². The average Bonchev–Trinajstić information content (AvgIpc) is 3.25. The Hall–Kier alpha value is -3.88. The molecule has 1 amide bonds. The SMILES string of the molecule is CCOC(=O)c1nn(-c2ccc(C)cc2)c(=O)cc1OCC(=O)NCc1ccco1. The van der Waals surface area contributed by atoms with Crippen molar-refractivity contribution in [3.05, 3.63) is 76.1 Å². The number of hydrogen-bond donors (Lipinski definition) is 1. The minimum Gasteiger partial charge on any atom is -0.481 e. The first-order valence-corrected chi connectivity index (χ1v) is 9.28. The number of benzene rings is 1. The third-order valence-corrected chi connectivity index (χ3v) is 4.04. The highest BCUT2D eigenvalue weighted by Crippen LogP contribution is 2.16. The van der Waals surface area contributed by atoms with Crippen LogP contribution in [0, 0.1) is 6.92 Å². The molecule has 0 aliphatic rings. The van der Waals surface area contributed by atoms with E-state index in [2.05, 4.69) is 10.4 Å². The summed E-state index contributed by atoms with van der Waals surface area (Å²) in [5, 5.41) is 6.72. The standard InChI is InChI=1S/C21H21N3O6/c1-3-28-21(27)20-17(30-13-18(25)22-12-16-5-4-10-29-16)11-19(26)24(23-20)15-8-6-14(2)7-9-15/h4-11H,3,12-13H2,1-2H3,(H,22,25). The second-order valence-corrected chi connectivity index (χ2v) is 6.31. The van der Waals surface area contributed by atoms with Gasteiger partial charge in [-0.1, -0.05) is 17.7 Å². The fraction of sp³-hybridized carbons (Fsp3) is 0.238. The Balaban J connectivity index is 1.80. The summed E-state index contributed by atoms with van der Waals surface area (Å²) in [5.74, 6) is -0.763. The van der Waals surface area contributed by atoms with Gasteiger partial charge in [-0.25, -0.2) is 4.79 Å². The number of ether oxygens (including phenoxy) is 2. The Labute approximate surface area is 172 Å². The summed E-state index contributed by atoms with van der Waals surface area (Å²) >= 11 is 0. The van der Waals surface area contributed by atoms with Crippen LogP contribution in [-0.4, -0.2) is 34.9 Å². The van der Waals surface area contributed by atoms with Crippen molar-refractivity contribution in [2.75, 3.05) is 13.2 Å².